The van der Waals surface area contributed by atoms with Crippen LogP contribution in [0.5, 0.6) is 0 Å². The van der Waals surface area contributed by atoms with E-state index in [2.05, 4.69) is 32.9 Å². The van der Waals surface area contributed by atoms with Crippen LogP contribution in [0.1, 0.15) is 69.0 Å². The zero-order valence-corrected chi connectivity index (χ0v) is 17.4. The summed E-state index contributed by atoms with van der Waals surface area (Å²) in [7, 11) is 0. The first kappa shape index (κ1) is 21.2. The van der Waals surface area contributed by atoms with Crippen molar-refractivity contribution >= 4 is 17.3 Å². The van der Waals surface area contributed by atoms with E-state index < -0.39 is 0 Å². The minimum Gasteiger partial charge on any atom is -0.378 e. The van der Waals surface area contributed by atoms with Gasteiger partial charge in [-0.2, -0.15) is 0 Å². The number of unbranched alkanes of at least 4 members (excludes halogenated alkanes) is 1. The molecule has 1 fully saturated rings. The summed E-state index contributed by atoms with van der Waals surface area (Å²) in [6, 6.07) is 0. The van der Waals surface area contributed by atoms with Crippen LogP contribution >= 0.6 is 11.3 Å². The number of hydrogen-bond donors (Lipinski definition) is 2. The minimum absolute atomic E-state index is 0.509. The minimum atomic E-state index is 0.509. The molecule has 148 valence electrons. The number of aryl methyl sites for hydroxylation is 1. The largest absolute Gasteiger partial charge is 0.378 e. The van der Waals surface area contributed by atoms with Gasteiger partial charge in [-0.1, -0.05) is 25.7 Å². The first-order valence-corrected chi connectivity index (χ1v) is 11.2. The van der Waals surface area contributed by atoms with E-state index in [1.165, 1.54) is 38.5 Å². The first-order chi connectivity index (χ1) is 12.8. The number of rotatable bonds is 10. The Morgan fingerprint density at radius 1 is 1.23 bits per heavy atom. The van der Waals surface area contributed by atoms with Gasteiger partial charge in [-0.25, -0.2) is 4.98 Å². The highest BCUT2D eigenvalue weighted by Gasteiger charge is 2.11. The maximum absolute atomic E-state index is 6.05. The number of guanidine groups is 1. The van der Waals surface area contributed by atoms with Gasteiger partial charge in [0.15, 0.2) is 5.96 Å². The van der Waals surface area contributed by atoms with Gasteiger partial charge >= 0.3 is 0 Å². The highest BCUT2D eigenvalue weighted by molar-refractivity contribution is 7.09. The Morgan fingerprint density at radius 3 is 2.73 bits per heavy atom. The normalized spacial score (nSPS) is 16.5. The lowest BCUT2D eigenvalue weighted by molar-refractivity contribution is 0.0413. The molecule has 2 rings (SSSR count). The van der Waals surface area contributed by atoms with Crippen molar-refractivity contribution in [2.75, 3.05) is 26.2 Å². The summed E-state index contributed by atoms with van der Waals surface area (Å²) in [4.78, 5) is 9.17. The number of hydrogen-bond acceptors (Lipinski definition) is 4. The Balaban J connectivity index is 1.56. The fourth-order valence-corrected chi connectivity index (χ4v) is 3.88. The second-order valence-electron chi connectivity index (χ2n) is 6.99. The number of nitrogens with zero attached hydrogens (tertiary/aromatic N) is 2. The molecule has 0 spiro atoms. The SMILES string of the molecule is CCNC(=NCCCCOC1CCCCCC1)NCCc1csc(C)n1. The first-order valence-electron chi connectivity index (χ1n) is 10.3. The Hall–Kier alpha value is -1.14. The van der Waals surface area contributed by atoms with Crippen molar-refractivity contribution in [1.29, 1.82) is 0 Å². The number of nitrogens with one attached hydrogen (secondary N) is 2. The Kier molecular flexibility index (Phi) is 10.7. The molecule has 0 aliphatic heterocycles. The highest BCUT2D eigenvalue weighted by Crippen LogP contribution is 2.19. The second-order valence-corrected chi connectivity index (χ2v) is 8.05. The molecular weight excluding hydrogens is 344 g/mol. The molecule has 6 heteroatoms. The fraction of sp³-hybridized carbons (Fsp3) is 0.800. The van der Waals surface area contributed by atoms with Gasteiger partial charge in [-0.3, -0.25) is 4.99 Å². The summed E-state index contributed by atoms with van der Waals surface area (Å²) in [6.07, 6.45) is 11.6. The van der Waals surface area contributed by atoms with E-state index in [4.69, 9.17) is 4.74 Å². The summed E-state index contributed by atoms with van der Waals surface area (Å²) in [5.74, 6) is 0.907. The molecule has 1 aromatic rings. The van der Waals surface area contributed by atoms with Crippen LogP contribution in [0.15, 0.2) is 10.4 Å². The molecule has 1 aliphatic carbocycles. The predicted octanol–water partition coefficient (Wildman–Crippen LogP) is 4.07. The van der Waals surface area contributed by atoms with E-state index >= 15 is 0 Å². The topological polar surface area (TPSA) is 58.5 Å². The smallest absolute Gasteiger partial charge is 0.191 e. The van der Waals surface area contributed by atoms with Crippen LogP contribution in [-0.2, 0) is 11.2 Å². The Morgan fingerprint density at radius 2 is 2.04 bits per heavy atom. The van der Waals surface area contributed by atoms with Gasteiger partial charge in [-0.05, 0) is 39.5 Å². The summed E-state index contributed by atoms with van der Waals surface area (Å²) < 4.78 is 6.05. The number of aliphatic imine (C=N–C) groups is 1. The van der Waals surface area contributed by atoms with Crippen LogP contribution in [0.2, 0.25) is 0 Å². The lowest BCUT2D eigenvalue weighted by Crippen LogP contribution is -2.38. The van der Waals surface area contributed by atoms with Crippen molar-refractivity contribution in [2.24, 2.45) is 4.99 Å². The third-order valence-electron chi connectivity index (χ3n) is 4.66. The number of thiazole rings is 1. The molecule has 1 aliphatic rings. The summed E-state index contributed by atoms with van der Waals surface area (Å²) in [6.45, 7) is 7.62. The van der Waals surface area contributed by atoms with Crippen LogP contribution in [0.4, 0.5) is 0 Å². The van der Waals surface area contributed by atoms with Gasteiger partial charge in [0.05, 0.1) is 16.8 Å². The van der Waals surface area contributed by atoms with Gasteiger partial charge in [0.1, 0.15) is 0 Å². The van der Waals surface area contributed by atoms with E-state index in [0.29, 0.717) is 6.10 Å². The van der Waals surface area contributed by atoms with E-state index in [-0.39, 0.29) is 0 Å². The maximum Gasteiger partial charge on any atom is 0.191 e. The van der Waals surface area contributed by atoms with Crippen LogP contribution in [0, 0.1) is 6.92 Å². The molecule has 0 radical (unpaired) electrons. The summed E-state index contributed by atoms with van der Waals surface area (Å²) in [5, 5.41) is 9.98. The van der Waals surface area contributed by atoms with Gasteiger partial charge in [0.25, 0.3) is 0 Å². The number of ether oxygens (including phenoxy) is 1. The molecule has 0 amide bonds. The van der Waals surface area contributed by atoms with Crippen LogP contribution < -0.4 is 10.6 Å². The lowest BCUT2D eigenvalue weighted by Gasteiger charge is -2.15. The average molecular weight is 381 g/mol. The van der Waals surface area contributed by atoms with Crippen LogP contribution in [0.3, 0.4) is 0 Å². The third-order valence-corrected chi connectivity index (χ3v) is 5.48. The van der Waals surface area contributed by atoms with E-state index in [1.54, 1.807) is 11.3 Å². The molecule has 0 atom stereocenters. The molecule has 2 N–H and O–H groups in total. The van der Waals surface area contributed by atoms with E-state index in [9.17, 15) is 0 Å². The monoisotopic (exact) mass is 380 g/mol. The van der Waals surface area contributed by atoms with Crippen molar-refractivity contribution in [3.05, 3.63) is 16.1 Å². The van der Waals surface area contributed by atoms with Crippen LogP contribution in [-0.4, -0.2) is 43.3 Å². The molecule has 26 heavy (non-hydrogen) atoms. The van der Waals surface area contributed by atoms with Crippen molar-refractivity contribution < 1.29 is 4.74 Å². The Labute approximate surface area is 163 Å². The standard InChI is InChI=1S/C20H36N4OS/c1-3-21-20(23-14-12-18-16-26-17(2)24-18)22-13-8-9-15-25-19-10-6-4-5-7-11-19/h16,19H,3-15H2,1-2H3,(H2,21,22,23). The number of aromatic nitrogens is 1. The summed E-state index contributed by atoms with van der Waals surface area (Å²) >= 11 is 1.71. The van der Waals surface area contributed by atoms with Gasteiger partial charge in [0, 0.05) is 38.0 Å². The molecule has 1 aromatic heterocycles. The second kappa shape index (κ2) is 13.1. The third kappa shape index (κ3) is 8.99. The summed E-state index contributed by atoms with van der Waals surface area (Å²) in [5.41, 5.74) is 1.16. The fourth-order valence-electron chi connectivity index (χ4n) is 3.24. The van der Waals surface area contributed by atoms with Crippen molar-refractivity contribution in [3.63, 3.8) is 0 Å². The molecular formula is C20H36N4OS. The van der Waals surface area contributed by atoms with Crippen LogP contribution in [0.25, 0.3) is 0 Å². The van der Waals surface area contributed by atoms with Gasteiger partial charge in [-0.15, -0.1) is 11.3 Å². The van der Waals surface area contributed by atoms with Gasteiger partial charge < -0.3 is 15.4 Å². The molecule has 1 saturated carbocycles. The Bertz CT molecular complexity index is 510. The quantitative estimate of drug-likeness (QED) is 0.278. The zero-order valence-electron chi connectivity index (χ0n) is 16.6. The van der Waals surface area contributed by atoms with Crippen molar-refractivity contribution in [2.45, 2.75) is 77.7 Å². The zero-order chi connectivity index (χ0) is 18.5. The molecule has 0 aromatic carbocycles. The lowest BCUT2D eigenvalue weighted by atomic mass is 10.1. The van der Waals surface area contributed by atoms with E-state index in [1.807, 2.05) is 6.92 Å². The molecule has 1 heterocycles. The molecule has 0 bridgehead atoms. The molecule has 0 saturated heterocycles. The maximum atomic E-state index is 6.05. The van der Waals surface area contributed by atoms with Crippen molar-refractivity contribution in [1.82, 2.24) is 15.6 Å². The van der Waals surface area contributed by atoms with Gasteiger partial charge in [0.2, 0.25) is 0 Å². The average Bonchev–Trinajstić information content (AvgIpc) is 2.88. The molecule has 0 unspecified atom stereocenters. The highest BCUT2D eigenvalue weighted by atomic mass is 32.1. The van der Waals surface area contributed by atoms with E-state index in [0.717, 1.165) is 62.2 Å². The van der Waals surface area contributed by atoms with Crippen molar-refractivity contribution in [3.8, 4) is 0 Å². The predicted molar refractivity (Wildman–Crippen MR) is 111 cm³/mol. The molecule has 5 nitrogen and oxygen atoms in total.